The van der Waals surface area contributed by atoms with Gasteiger partial charge in [0.1, 0.15) is 6.33 Å². The van der Waals surface area contributed by atoms with Crippen molar-refractivity contribution in [3.05, 3.63) is 24.0 Å². The van der Waals surface area contributed by atoms with Crippen LogP contribution in [0.25, 0.3) is 11.2 Å². The van der Waals surface area contributed by atoms with Gasteiger partial charge in [0.15, 0.2) is 33.6 Å². The van der Waals surface area contributed by atoms with E-state index >= 15 is 0 Å². The highest BCUT2D eigenvalue weighted by Crippen LogP contribution is 2.40. The minimum atomic E-state index is 0.195. The minimum Gasteiger partial charge on any atom is -0.454 e. The Bertz CT molecular complexity index is 1040. The fourth-order valence-electron chi connectivity index (χ4n) is 2.80. The summed E-state index contributed by atoms with van der Waals surface area (Å²) in [5, 5.41) is 4.05. The fraction of sp³-hybridized carbons (Fsp3) is 0.278. The molecule has 0 unspecified atom stereocenters. The summed E-state index contributed by atoms with van der Waals surface area (Å²) in [7, 11) is 0. The molecule has 0 spiro atoms. The quantitative estimate of drug-likeness (QED) is 0.492. The Labute approximate surface area is 160 Å². The van der Waals surface area contributed by atoms with Gasteiger partial charge < -0.3 is 25.1 Å². The zero-order valence-electron chi connectivity index (χ0n) is 14.7. The van der Waals surface area contributed by atoms with Gasteiger partial charge in [-0.15, -0.1) is 6.42 Å². The Kier molecular flexibility index (Phi) is 4.75. The Hall–Kier alpha value is -2.96. The standard InChI is InChI=1S/C18H18N6O2S/c1-3-11-7-12-13(26-10-25-12)8-14(11)27-18-23-15-16(19)21-9-22-17(15)24(18)6-5-20-4-2/h1,7-9,20H,4-6,10H2,2H3,(H2,19,21,22). The Morgan fingerprint density at radius 2 is 2.15 bits per heavy atom. The first-order valence-corrected chi connectivity index (χ1v) is 9.28. The van der Waals surface area contributed by atoms with Gasteiger partial charge in [0, 0.05) is 29.6 Å². The van der Waals surface area contributed by atoms with Crippen LogP contribution in [0.1, 0.15) is 12.5 Å². The van der Waals surface area contributed by atoms with Gasteiger partial charge in [-0.1, -0.05) is 24.6 Å². The predicted molar refractivity (Wildman–Crippen MR) is 103 cm³/mol. The number of terminal acetylenes is 1. The highest BCUT2D eigenvalue weighted by molar-refractivity contribution is 7.99. The second-order valence-electron chi connectivity index (χ2n) is 5.78. The van der Waals surface area contributed by atoms with Gasteiger partial charge in [0.05, 0.1) is 0 Å². The van der Waals surface area contributed by atoms with Gasteiger partial charge in [-0.05, 0) is 12.6 Å². The van der Waals surface area contributed by atoms with Crippen molar-refractivity contribution in [2.24, 2.45) is 0 Å². The number of ether oxygens (including phenoxy) is 2. The van der Waals surface area contributed by atoms with E-state index in [1.807, 2.05) is 16.7 Å². The van der Waals surface area contributed by atoms with E-state index in [0.29, 0.717) is 40.6 Å². The fourth-order valence-corrected chi connectivity index (χ4v) is 3.82. The third kappa shape index (κ3) is 3.25. The Morgan fingerprint density at radius 1 is 1.33 bits per heavy atom. The number of fused-ring (bicyclic) bond motifs is 2. The maximum atomic E-state index is 6.00. The molecule has 0 aliphatic carbocycles. The van der Waals surface area contributed by atoms with Crippen molar-refractivity contribution >= 4 is 28.7 Å². The van der Waals surface area contributed by atoms with Gasteiger partial charge in [-0.25, -0.2) is 15.0 Å². The SMILES string of the molecule is C#Cc1cc2c(cc1Sc1nc3c(N)ncnc3n1CCNCC)OCO2. The molecule has 0 amide bonds. The first kappa shape index (κ1) is 17.5. The molecule has 3 aromatic rings. The minimum absolute atomic E-state index is 0.195. The zero-order valence-corrected chi connectivity index (χ0v) is 15.5. The van der Waals surface area contributed by atoms with Crippen molar-refractivity contribution in [3.8, 4) is 23.8 Å². The van der Waals surface area contributed by atoms with E-state index in [0.717, 1.165) is 23.1 Å². The van der Waals surface area contributed by atoms with E-state index < -0.39 is 0 Å². The van der Waals surface area contributed by atoms with E-state index in [4.69, 9.17) is 21.6 Å². The molecule has 27 heavy (non-hydrogen) atoms. The summed E-state index contributed by atoms with van der Waals surface area (Å²) in [6.45, 7) is 4.62. The summed E-state index contributed by atoms with van der Waals surface area (Å²) in [6, 6.07) is 3.69. The largest absolute Gasteiger partial charge is 0.454 e. The summed E-state index contributed by atoms with van der Waals surface area (Å²) in [5.41, 5.74) is 7.99. The molecule has 3 N–H and O–H groups in total. The summed E-state index contributed by atoms with van der Waals surface area (Å²) >= 11 is 1.45. The number of rotatable bonds is 6. The molecule has 0 radical (unpaired) electrons. The molecular weight excluding hydrogens is 364 g/mol. The zero-order chi connectivity index (χ0) is 18.8. The molecule has 2 aromatic heterocycles. The van der Waals surface area contributed by atoms with Crippen molar-refractivity contribution < 1.29 is 9.47 Å². The van der Waals surface area contributed by atoms with Crippen LogP contribution in [-0.4, -0.2) is 39.4 Å². The molecule has 0 saturated heterocycles. The molecule has 1 aliphatic rings. The second-order valence-corrected chi connectivity index (χ2v) is 6.79. The summed E-state index contributed by atoms with van der Waals surface area (Å²) in [5.74, 6) is 4.39. The number of aromatic nitrogens is 4. The number of nitrogens with two attached hydrogens (primary N) is 1. The monoisotopic (exact) mass is 382 g/mol. The predicted octanol–water partition coefficient (Wildman–Crippen LogP) is 1.88. The molecule has 0 saturated carbocycles. The number of imidazole rings is 1. The topological polar surface area (TPSA) is 100 Å². The van der Waals surface area contributed by atoms with Crippen molar-refractivity contribution in [1.29, 1.82) is 0 Å². The van der Waals surface area contributed by atoms with Crippen LogP contribution in [0.2, 0.25) is 0 Å². The van der Waals surface area contributed by atoms with E-state index in [2.05, 4.69) is 33.1 Å². The summed E-state index contributed by atoms with van der Waals surface area (Å²) < 4.78 is 12.9. The molecule has 3 heterocycles. The first-order chi connectivity index (χ1) is 13.2. The van der Waals surface area contributed by atoms with Gasteiger partial charge in [0.25, 0.3) is 0 Å². The number of benzene rings is 1. The van der Waals surface area contributed by atoms with Crippen LogP contribution in [0.5, 0.6) is 11.5 Å². The molecule has 9 heteroatoms. The molecule has 0 bridgehead atoms. The van der Waals surface area contributed by atoms with Crippen molar-refractivity contribution in [3.63, 3.8) is 0 Å². The van der Waals surface area contributed by atoms with Crippen molar-refractivity contribution in [2.75, 3.05) is 25.6 Å². The van der Waals surface area contributed by atoms with Crippen LogP contribution in [0.3, 0.4) is 0 Å². The summed E-state index contributed by atoms with van der Waals surface area (Å²) in [4.78, 5) is 13.9. The normalized spacial score (nSPS) is 12.4. The number of hydrogen-bond donors (Lipinski definition) is 2. The van der Waals surface area contributed by atoms with E-state index in [-0.39, 0.29) is 6.79 Å². The smallest absolute Gasteiger partial charge is 0.231 e. The average molecular weight is 382 g/mol. The molecule has 138 valence electrons. The molecule has 0 atom stereocenters. The maximum Gasteiger partial charge on any atom is 0.231 e. The van der Waals surface area contributed by atoms with Crippen LogP contribution < -0.4 is 20.5 Å². The van der Waals surface area contributed by atoms with E-state index in [9.17, 15) is 0 Å². The van der Waals surface area contributed by atoms with Gasteiger partial charge in [0.2, 0.25) is 6.79 Å². The van der Waals surface area contributed by atoms with E-state index in [1.165, 1.54) is 18.1 Å². The lowest BCUT2D eigenvalue weighted by atomic mass is 10.2. The van der Waals surface area contributed by atoms with Crippen LogP contribution in [0, 0.1) is 12.3 Å². The lowest BCUT2D eigenvalue weighted by molar-refractivity contribution is 0.174. The van der Waals surface area contributed by atoms with Crippen LogP contribution in [0.15, 0.2) is 28.5 Å². The average Bonchev–Trinajstić information content (AvgIpc) is 3.26. The summed E-state index contributed by atoms with van der Waals surface area (Å²) in [6.07, 6.45) is 7.14. The Balaban J connectivity index is 1.76. The molecular formula is C18H18N6O2S. The lowest BCUT2D eigenvalue weighted by Crippen LogP contribution is -2.19. The molecule has 1 aromatic carbocycles. The van der Waals surface area contributed by atoms with Crippen molar-refractivity contribution in [1.82, 2.24) is 24.8 Å². The van der Waals surface area contributed by atoms with Gasteiger partial charge in [-0.3, -0.25) is 0 Å². The van der Waals surface area contributed by atoms with E-state index in [1.54, 1.807) is 0 Å². The number of nitrogens with zero attached hydrogens (tertiary/aromatic N) is 4. The van der Waals surface area contributed by atoms with Crippen LogP contribution in [-0.2, 0) is 6.54 Å². The second kappa shape index (κ2) is 7.34. The lowest BCUT2D eigenvalue weighted by Gasteiger charge is -2.10. The Morgan fingerprint density at radius 3 is 2.93 bits per heavy atom. The molecule has 1 aliphatic heterocycles. The molecule has 4 rings (SSSR count). The number of likely N-dealkylation sites (N-methyl/N-ethyl adjacent to an activating group) is 1. The highest BCUT2D eigenvalue weighted by Gasteiger charge is 2.20. The number of nitrogens with one attached hydrogen (secondary N) is 1. The van der Waals surface area contributed by atoms with Gasteiger partial charge in [-0.2, -0.15) is 0 Å². The molecule has 8 nitrogen and oxygen atoms in total. The number of nitrogen functional groups attached to an aromatic ring is 1. The molecule has 0 fully saturated rings. The maximum absolute atomic E-state index is 6.00. The van der Waals surface area contributed by atoms with Crippen LogP contribution >= 0.6 is 11.8 Å². The highest BCUT2D eigenvalue weighted by atomic mass is 32.2. The number of anilines is 1. The van der Waals surface area contributed by atoms with Crippen molar-refractivity contribution in [2.45, 2.75) is 23.5 Å². The van der Waals surface area contributed by atoms with Crippen LogP contribution in [0.4, 0.5) is 5.82 Å². The third-order valence-electron chi connectivity index (χ3n) is 4.12. The third-order valence-corrected chi connectivity index (χ3v) is 5.17. The number of hydrogen-bond acceptors (Lipinski definition) is 8. The van der Waals surface area contributed by atoms with Gasteiger partial charge >= 0.3 is 0 Å². The first-order valence-electron chi connectivity index (χ1n) is 8.46.